The Morgan fingerprint density at radius 3 is 2.00 bits per heavy atom. The molecule has 2 amide bonds. The molecular weight excluding hydrogens is 296 g/mol. The summed E-state index contributed by atoms with van der Waals surface area (Å²) in [5.41, 5.74) is 1.22. The third kappa shape index (κ3) is 2.97. The van der Waals surface area contributed by atoms with Crippen LogP contribution in [0, 0.1) is 23.7 Å². The van der Waals surface area contributed by atoms with E-state index in [1.807, 2.05) is 12.2 Å². The topological polar surface area (TPSA) is 95.5 Å². The second-order valence-corrected chi connectivity index (χ2v) is 6.09. The minimum atomic E-state index is -0.914. The van der Waals surface area contributed by atoms with Crippen LogP contribution >= 0.6 is 0 Å². The zero-order valence-electron chi connectivity index (χ0n) is 12.7. The highest BCUT2D eigenvalue weighted by atomic mass is 16.4. The van der Waals surface area contributed by atoms with E-state index in [1.54, 1.807) is 24.3 Å². The quantitative estimate of drug-likeness (QED) is 0.742. The summed E-state index contributed by atoms with van der Waals surface area (Å²) in [5.74, 6) is -2.57. The molecule has 2 aliphatic carbocycles. The molecule has 1 aromatic carbocycles. The minimum absolute atomic E-state index is 0.000229. The fourth-order valence-corrected chi connectivity index (χ4v) is 3.58. The van der Waals surface area contributed by atoms with Gasteiger partial charge in [-0.05, 0) is 42.5 Å². The van der Waals surface area contributed by atoms with E-state index >= 15 is 0 Å². The van der Waals surface area contributed by atoms with Crippen molar-refractivity contribution in [3.63, 3.8) is 0 Å². The third-order valence-electron chi connectivity index (χ3n) is 4.52. The van der Waals surface area contributed by atoms with Gasteiger partial charge in [0.1, 0.15) is 0 Å². The molecule has 3 N–H and O–H groups in total. The van der Waals surface area contributed by atoms with Crippen molar-refractivity contribution in [2.75, 3.05) is 10.6 Å². The monoisotopic (exact) mass is 314 g/mol. The Labute approximate surface area is 133 Å². The van der Waals surface area contributed by atoms with Crippen LogP contribution in [0.4, 0.5) is 11.4 Å². The van der Waals surface area contributed by atoms with Gasteiger partial charge in [-0.15, -0.1) is 0 Å². The normalized spacial score (nSPS) is 27.7. The number of carboxylic acid groups (broad SMARTS) is 1. The van der Waals surface area contributed by atoms with Gasteiger partial charge < -0.3 is 15.7 Å². The van der Waals surface area contributed by atoms with Gasteiger partial charge in [0.05, 0.1) is 11.8 Å². The Kier molecular flexibility index (Phi) is 3.90. The summed E-state index contributed by atoms with van der Waals surface area (Å²) in [5, 5.41) is 14.8. The number of carboxylic acids is 1. The Balaban J connectivity index is 1.70. The van der Waals surface area contributed by atoms with Crippen LogP contribution in [0.25, 0.3) is 0 Å². The van der Waals surface area contributed by atoms with E-state index in [0.717, 1.165) is 6.42 Å². The molecule has 2 aliphatic rings. The summed E-state index contributed by atoms with van der Waals surface area (Å²) in [6.07, 6.45) is 4.60. The molecule has 0 saturated heterocycles. The van der Waals surface area contributed by atoms with Crippen molar-refractivity contribution in [1.82, 2.24) is 0 Å². The van der Waals surface area contributed by atoms with Crippen molar-refractivity contribution < 1.29 is 19.5 Å². The summed E-state index contributed by atoms with van der Waals surface area (Å²) >= 11 is 0. The molecule has 1 saturated carbocycles. The zero-order valence-corrected chi connectivity index (χ0v) is 12.7. The lowest BCUT2D eigenvalue weighted by molar-refractivity contribution is -0.146. The number of fused-ring (bicyclic) bond motifs is 2. The summed E-state index contributed by atoms with van der Waals surface area (Å²) < 4.78 is 0. The lowest BCUT2D eigenvalue weighted by atomic mass is 9.82. The van der Waals surface area contributed by atoms with Crippen LogP contribution in [0.3, 0.4) is 0 Å². The molecule has 2 bridgehead atoms. The van der Waals surface area contributed by atoms with E-state index in [-0.39, 0.29) is 23.7 Å². The number of allylic oxidation sites excluding steroid dienone is 2. The maximum atomic E-state index is 12.5. The summed E-state index contributed by atoms with van der Waals surface area (Å²) in [7, 11) is 0. The van der Waals surface area contributed by atoms with E-state index in [2.05, 4.69) is 10.6 Å². The summed E-state index contributed by atoms with van der Waals surface area (Å²) in [4.78, 5) is 34.9. The predicted molar refractivity (Wildman–Crippen MR) is 84.7 cm³/mol. The SMILES string of the molecule is CC(=O)Nc1ccc(NC(=O)[C@H]2[C@@H](C(=O)O)[C@H]3C=C[C@H]2C3)cc1. The van der Waals surface area contributed by atoms with Gasteiger partial charge in [-0.3, -0.25) is 14.4 Å². The number of nitrogens with one attached hydrogen (secondary N) is 2. The molecule has 0 aromatic heterocycles. The van der Waals surface area contributed by atoms with E-state index in [4.69, 9.17) is 0 Å². The summed E-state index contributed by atoms with van der Waals surface area (Å²) in [6.45, 7) is 1.42. The Morgan fingerprint density at radius 2 is 1.48 bits per heavy atom. The highest BCUT2D eigenvalue weighted by Crippen LogP contribution is 2.48. The van der Waals surface area contributed by atoms with Crippen molar-refractivity contribution >= 4 is 29.2 Å². The van der Waals surface area contributed by atoms with Crippen LogP contribution in [0.5, 0.6) is 0 Å². The Hall–Kier alpha value is -2.63. The average Bonchev–Trinajstić information content (AvgIpc) is 3.09. The second-order valence-electron chi connectivity index (χ2n) is 6.09. The fourth-order valence-electron chi connectivity index (χ4n) is 3.58. The largest absolute Gasteiger partial charge is 0.481 e. The van der Waals surface area contributed by atoms with Gasteiger partial charge >= 0.3 is 5.97 Å². The Morgan fingerprint density at radius 1 is 0.957 bits per heavy atom. The first-order valence-corrected chi connectivity index (χ1v) is 7.55. The van der Waals surface area contributed by atoms with Crippen LogP contribution in [-0.2, 0) is 14.4 Å². The van der Waals surface area contributed by atoms with Gasteiger partial charge in [0.25, 0.3) is 0 Å². The molecule has 6 heteroatoms. The third-order valence-corrected chi connectivity index (χ3v) is 4.52. The smallest absolute Gasteiger partial charge is 0.307 e. The van der Waals surface area contributed by atoms with E-state index in [9.17, 15) is 19.5 Å². The molecule has 4 atom stereocenters. The first kappa shape index (κ1) is 15.3. The van der Waals surface area contributed by atoms with E-state index < -0.39 is 17.8 Å². The highest BCUT2D eigenvalue weighted by molar-refractivity contribution is 5.96. The van der Waals surface area contributed by atoms with Crippen LogP contribution in [0.15, 0.2) is 36.4 Å². The molecule has 0 aliphatic heterocycles. The van der Waals surface area contributed by atoms with Gasteiger partial charge in [-0.25, -0.2) is 0 Å². The number of hydrogen-bond donors (Lipinski definition) is 3. The van der Waals surface area contributed by atoms with E-state index in [0.29, 0.717) is 11.4 Å². The molecule has 1 fully saturated rings. The number of aliphatic carboxylic acids is 1. The van der Waals surface area contributed by atoms with Crippen molar-refractivity contribution in [3.05, 3.63) is 36.4 Å². The van der Waals surface area contributed by atoms with Gasteiger partial charge in [-0.1, -0.05) is 12.2 Å². The number of carbonyl (C=O) groups is 3. The van der Waals surface area contributed by atoms with Gasteiger partial charge in [0.15, 0.2) is 0 Å². The molecule has 1 aromatic rings. The lowest BCUT2D eigenvalue weighted by Crippen LogP contribution is -2.36. The van der Waals surface area contributed by atoms with Crippen molar-refractivity contribution in [2.45, 2.75) is 13.3 Å². The molecule has 0 spiro atoms. The molecule has 120 valence electrons. The first-order chi connectivity index (χ1) is 11.0. The number of rotatable bonds is 4. The number of hydrogen-bond acceptors (Lipinski definition) is 3. The maximum Gasteiger partial charge on any atom is 0.307 e. The predicted octanol–water partition coefficient (Wildman–Crippen LogP) is 2.11. The van der Waals surface area contributed by atoms with Gasteiger partial charge in [0, 0.05) is 18.3 Å². The number of carbonyl (C=O) groups excluding carboxylic acids is 2. The van der Waals surface area contributed by atoms with Crippen LogP contribution in [-0.4, -0.2) is 22.9 Å². The van der Waals surface area contributed by atoms with Gasteiger partial charge in [0.2, 0.25) is 11.8 Å². The second kappa shape index (κ2) is 5.87. The van der Waals surface area contributed by atoms with Crippen molar-refractivity contribution in [1.29, 1.82) is 0 Å². The van der Waals surface area contributed by atoms with Gasteiger partial charge in [-0.2, -0.15) is 0 Å². The molecule has 3 rings (SSSR count). The number of benzene rings is 1. The minimum Gasteiger partial charge on any atom is -0.481 e. The average molecular weight is 314 g/mol. The summed E-state index contributed by atoms with van der Waals surface area (Å²) in [6, 6.07) is 6.74. The highest BCUT2D eigenvalue weighted by Gasteiger charge is 2.51. The standard InChI is InChI=1S/C17H18N2O4/c1-9(20)18-12-4-6-13(7-5-12)19-16(21)14-10-2-3-11(8-10)15(14)17(22)23/h2-7,10-11,14-15H,8H2,1H3,(H,18,20)(H,19,21)(H,22,23)/t10-,11-,14+,15-/m0/s1. The first-order valence-electron chi connectivity index (χ1n) is 7.55. The molecule has 0 unspecified atom stereocenters. The Bertz CT molecular complexity index is 680. The molecule has 6 nitrogen and oxygen atoms in total. The van der Waals surface area contributed by atoms with Crippen LogP contribution < -0.4 is 10.6 Å². The van der Waals surface area contributed by atoms with E-state index in [1.165, 1.54) is 6.92 Å². The lowest BCUT2D eigenvalue weighted by Gasteiger charge is -2.23. The maximum absolute atomic E-state index is 12.5. The molecular formula is C17H18N2O4. The van der Waals surface area contributed by atoms with Crippen LogP contribution in [0.2, 0.25) is 0 Å². The van der Waals surface area contributed by atoms with Crippen molar-refractivity contribution in [2.24, 2.45) is 23.7 Å². The molecule has 0 heterocycles. The number of anilines is 2. The number of amides is 2. The van der Waals surface area contributed by atoms with Crippen molar-refractivity contribution in [3.8, 4) is 0 Å². The van der Waals surface area contributed by atoms with Crippen LogP contribution in [0.1, 0.15) is 13.3 Å². The fraction of sp³-hybridized carbons (Fsp3) is 0.353. The molecule has 0 radical (unpaired) electrons. The zero-order chi connectivity index (χ0) is 16.6. The molecule has 23 heavy (non-hydrogen) atoms.